The van der Waals surface area contributed by atoms with Gasteiger partial charge in [-0.2, -0.15) is 0 Å². The number of hydrogen-bond donors (Lipinski definition) is 0. The Kier molecular flexibility index (Phi) is 7.07. The van der Waals surface area contributed by atoms with Crippen molar-refractivity contribution in [2.24, 2.45) is 0 Å². The van der Waals surface area contributed by atoms with Gasteiger partial charge < -0.3 is 4.90 Å². The molecule has 0 unspecified atom stereocenters. The molecular weight excluding hydrogens is 382 g/mol. The second kappa shape index (κ2) is 9.22. The Bertz CT molecular complexity index is 873. The zero-order valence-corrected chi connectivity index (χ0v) is 21.0. The Labute approximate surface area is 189 Å². The summed E-state index contributed by atoms with van der Waals surface area (Å²) in [5.41, 5.74) is 9.70. The van der Waals surface area contributed by atoms with Crippen LogP contribution in [0, 0.1) is 13.8 Å². The van der Waals surface area contributed by atoms with Crippen molar-refractivity contribution in [2.45, 2.75) is 92.0 Å². The maximum Gasteiger partial charge on any atom is 0.110 e. The molecule has 1 aliphatic rings. The van der Waals surface area contributed by atoms with Crippen molar-refractivity contribution in [1.82, 2.24) is 4.90 Å². The molecule has 1 nitrogen and oxygen atoms in total. The van der Waals surface area contributed by atoms with E-state index in [-0.39, 0.29) is 0 Å². The minimum atomic E-state index is 0.390. The fourth-order valence-corrected chi connectivity index (χ4v) is 5.36. The van der Waals surface area contributed by atoms with E-state index >= 15 is 0 Å². The van der Waals surface area contributed by atoms with Crippen LogP contribution >= 0.6 is 12.2 Å². The molecule has 2 aromatic carbocycles. The quantitative estimate of drug-likeness (QED) is 0.448. The molecule has 0 bridgehead atoms. The molecule has 0 spiro atoms. The van der Waals surface area contributed by atoms with Crippen molar-refractivity contribution >= 4 is 17.2 Å². The van der Waals surface area contributed by atoms with E-state index in [0.717, 1.165) is 11.5 Å². The molecule has 0 aromatic heterocycles. The second-order valence-electron chi connectivity index (χ2n) is 10.1. The molecule has 30 heavy (non-hydrogen) atoms. The van der Waals surface area contributed by atoms with Crippen LogP contribution in [0.5, 0.6) is 0 Å². The van der Waals surface area contributed by atoms with Gasteiger partial charge in [0.05, 0.1) is 6.04 Å². The van der Waals surface area contributed by atoms with E-state index in [4.69, 9.17) is 12.2 Å². The van der Waals surface area contributed by atoms with E-state index in [0.29, 0.717) is 23.8 Å². The van der Waals surface area contributed by atoms with Crippen LogP contribution in [0.1, 0.15) is 117 Å². The van der Waals surface area contributed by atoms with Gasteiger partial charge in [0, 0.05) is 12.1 Å². The summed E-state index contributed by atoms with van der Waals surface area (Å²) in [5.74, 6) is 1.44. The average molecular weight is 422 g/mol. The third-order valence-electron chi connectivity index (χ3n) is 6.49. The van der Waals surface area contributed by atoms with Crippen LogP contribution in [-0.4, -0.2) is 16.4 Å². The van der Waals surface area contributed by atoms with Crippen molar-refractivity contribution in [2.75, 3.05) is 6.54 Å². The van der Waals surface area contributed by atoms with E-state index in [9.17, 15) is 0 Å². The van der Waals surface area contributed by atoms with Crippen molar-refractivity contribution in [3.8, 4) is 0 Å². The Morgan fingerprint density at radius 2 is 1.37 bits per heavy atom. The molecule has 0 saturated carbocycles. The molecule has 1 aliphatic heterocycles. The van der Waals surface area contributed by atoms with E-state index in [2.05, 4.69) is 90.6 Å². The summed E-state index contributed by atoms with van der Waals surface area (Å²) in [7, 11) is 0. The summed E-state index contributed by atoms with van der Waals surface area (Å²) in [4.78, 5) is 3.57. The molecule has 1 fully saturated rings. The SMILES string of the molecule is Cc1cc(C)cc([C@@H]2CCCN2C(=S)c2c(C(C)C)cc(C(C)C)cc2C(C)C)c1. The first kappa shape index (κ1) is 23.0. The highest BCUT2D eigenvalue weighted by Gasteiger charge is 2.31. The van der Waals surface area contributed by atoms with E-state index in [1.807, 2.05) is 0 Å². The Morgan fingerprint density at radius 1 is 0.833 bits per heavy atom. The van der Waals surface area contributed by atoms with Crippen LogP contribution in [0.15, 0.2) is 30.3 Å². The van der Waals surface area contributed by atoms with Gasteiger partial charge in [-0.15, -0.1) is 0 Å². The molecule has 1 heterocycles. The first-order valence-electron chi connectivity index (χ1n) is 11.7. The normalized spacial score (nSPS) is 16.9. The van der Waals surface area contributed by atoms with Crippen LogP contribution in [0.4, 0.5) is 0 Å². The van der Waals surface area contributed by atoms with E-state index in [1.54, 1.807) is 0 Å². The molecule has 1 atom stereocenters. The fraction of sp³-hybridized carbons (Fsp3) is 0.536. The molecule has 2 aromatic rings. The number of nitrogens with zero attached hydrogens (tertiary/aromatic N) is 1. The summed E-state index contributed by atoms with van der Waals surface area (Å²) < 4.78 is 0. The number of rotatable bonds is 5. The first-order chi connectivity index (χ1) is 14.1. The lowest BCUT2D eigenvalue weighted by Gasteiger charge is -2.32. The van der Waals surface area contributed by atoms with Crippen LogP contribution in [0.25, 0.3) is 0 Å². The Morgan fingerprint density at radius 3 is 1.83 bits per heavy atom. The minimum Gasteiger partial charge on any atom is -0.355 e. The third-order valence-corrected chi connectivity index (χ3v) is 6.93. The van der Waals surface area contributed by atoms with Gasteiger partial charge in [0.15, 0.2) is 0 Å². The topological polar surface area (TPSA) is 3.24 Å². The lowest BCUT2D eigenvalue weighted by atomic mass is 9.84. The number of aryl methyl sites for hydroxylation is 2. The summed E-state index contributed by atoms with van der Waals surface area (Å²) in [6, 6.07) is 12.2. The molecule has 0 N–H and O–H groups in total. The van der Waals surface area contributed by atoms with Crippen molar-refractivity contribution in [1.29, 1.82) is 0 Å². The standard InChI is InChI=1S/C28H39NS/c1-17(2)22-15-24(18(3)4)27(25(16-22)19(5)6)28(30)29-11-9-10-26(29)23-13-20(7)12-21(8)14-23/h12-19,26H,9-11H2,1-8H3/t26-/m0/s1. The summed E-state index contributed by atoms with van der Waals surface area (Å²) in [6.45, 7) is 19.3. The smallest absolute Gasteiger partial charge is 0.110 e. The number of likely N-dealkylation sites (tertiary alicyclic amines) is 1. The van der Waals surface area contributed by atoms with Gasteiger partial charge in [0.25, 0.3) is 0 Å². The van der Waals surface area contributed by atoms with Crippen LogP contribution in [-0.2, 0) is 0 Å². The number of hydrogen-bond acceptors (Lipinski definition) is 1. The number of thiocarbonyl (C=S) groups is 1. The van der Waals surface area contributed by atoms with Gasteiger partial charge in [-0.05, 0) is 66.7 Å². The lowest BCUT2D eigenvalue weighted by molar-refractivity contribution is 0.407. The van der Waals surface area contributed by atoms with Gasteiger partial charge in [0.1, 0.15) is 4.99 Å². The Balaban J connectivity index is 2.11. The summed E-state index contributed by atoms with van der Waals surface area (Å²) >= 11 is 6.27. The molecule has 0 aliphatic carbocycles. The fourth-order valence-electron chi connectivity index (χ4n) is 4.90. The highest BCUT2D eigenvalue weighted by molar-refractivity contribution is 7.80. The predicted molar refractivity (Wildman–Crippen MR) is 135 cm³/mol. The predicted octanol–water partition coefficient (Wildman–Crippen LogP) is 8.19. The summed E-state index contributed by atoms with van der Waals surface area (Å²) in [5, 5.41) is 0. The molecule has 162 valence electrons. The monoisotopic (exact) mass is 421 g/mol. The van der Waals surface area contributed by atoms with Gasteiger partial charge in [-0.1, -0.05) is 95.2 Å². The molecule has 3 rings (SSSR count). The van der Waals surface area contributed by atoms with Crippen molar-refractivity contribution in [3.05, 3.63) is 69.3 Å². The molecular formula is C28H39NS. The molecule has 1 saturated heterocycles. The third kappa shape index (κ3) is 4.64. The van der Waals surface area contributed by atoms with Crippen molar-refractivity contribution in [3.63, 3.8) is 0 Å². The van der Waals surface area contributed by atoms with E-state index < -0.39 is 0 Å². The zero-order valence-electron chi connectivity index (χ0n) is 20.2. The van der Waals surface area contributed by atoms with Gasteiger partial charge in [-0.3, -0.25) is 0 Å². The van der Waals surface area contributed by atoms with Gasteiger partial charge in [0.2, 0.25) is 0 Å². The van der Waals surface area contributed by atoms with Crippen molar-refractivity contribution < 1.29 is 0 Å². The molecule has 2 heteroatoms. The Hall–Kier alpha value is -1.67. The highest BCUT2D eigenvalue weighted by atomic mass is 32.1. The maximum atomic E-state index is 6.27. The van der Waals surface area contributed by atoms with Crippen LogP contribution < -0.4 is 0 Å². The van der Waals surface area contributed by atoms with E-state index in [1.165, 1.54) is 51.8 Å². The van der Waals surface area contributed by atoms with Crippen LogP contribution in [0.2, 0.25) is 0 Å². The zero-order chi connectivity index (χ0) is 22.2. The average Bonchev–Trinajstić information content (AvgIpc) is 3.15. The number of benzene rings is 2. The maximum absolute atomic E-state index is 6.27. The van der Waals surface area contributed by atoms with Gasteiger partial charge >= 0.3 is 0 Å². The second-order valence-corrected chi connectivity index (χ2v) is 10.5. The first-order valence-corrected chi connectivity index (χ1v) is 12.1. The lowest BCUT2D eigenvalue weighted by Crippen LogP contribution is -2.32. The van der Waals surface area contributed by atoms with Crippen LogP contribution in [0.3, 0.4) is 0 Å². The minimum absolute atomic E-state index is 0.390. The highest BCUT2D eigenvalue weighted by Crippen LogP contribution is 2.38. The summed E-state index contributed by atoms with van der Waals surface area (Å²) in [6.07, 6.45) is 2.39. The van der Waals surface area contributed by atoms with Gasteiger partial charge in [-0.25, -0.2) is 0 Å². The largest absolute Gasteiger partial charge is 0.355 e. The molecule has 0 amide bonds. The molecule has 0 radical (unpaired) electrons.